The van der Waals surface area contributed by atoms with Gasteiger partial charge in [0, 0.05) is 12.2 Å². The lowest BCUT2D eigenvalue weighted by Crippen LogP contribution is -2.40. The molecule has 2 N–H and O–H groups in total. The molecule has 0 bridgehead atoms. The van der Waals surface area contributed by atoms with E-state index < -0.39 is 0 Å². The molecule has 0 saturated carbocycles. The minimum Gasteiger partial charge on any atom is -0.393 e. The van der Waals surface area contributed by atoms with Crippen LogP contribution in [-0.4, -0.2) is 41.7 Å². The number of para-hydroxylation sites is 1. The van der Waals surface area contributed by atoms with E-state index in [1.54, 1.807) is 6.92 Å². The highest BCUT2D eigenvalue weighted by atomic mass is 16.3. The number of carbonyl (C=O) groups is 1. The molecular weight excluding hydrogens is 312 g/mol. The first-order valence-corrected chi connectivity index (χ1v) is 8.78. The van der Waals surface area contributed by atoms with Gasteiger partial charge < -0.3 is 10.4 Å². The third-order valence-electron chi connectivity index (χ3n) is 4.45. The number of rotatable bonds is 8. The molecule has 2 aromatic rings. The molecule has 0 saturated heterocycles. The maximum absolute atomic E-state index is 12.6. The van der Waals surface area contributed by atoms with Crippen molar-refractivity contribution in [2.45, 2.75) is 38.8 Å². The third-order valence-corrected chi connectivity index (χ3v) is 4.45. The van der Waals surface area contributed by atoms with Crippen molar-refractivity contribution in [3.63, 3.8) is 0 Å². The van der Waals surface area contributed by atoms with E-state index in [1.807, 2.05) is 61.3 Å². The highest BCUT2D eigenvalue weighted by Crippen LogP contribution is 2.19. The van der Waals surface area contributed by atoms with Crippen LogP contribution in [0.15, 0.2) is 54.6 Å². The monoisotopic (exact) mass is 340 g/mol. The van der Waals surface area contributed by atoms with Crippen molar-refractivity contribution in [2.75, 3.05) is 18.9 Å². The van der Waals surface area contributed by atoms with Crippen molar-refractivity contribution in [1.29, 1.82) is 0 Å². The molecule has 2 rings (SSSR count). The fourth-order valence-corrected chi connectivity index (χ4v) is 2.63. The van der Waals surface area contributed by atoms with Gasteiger partial charge in [-0.2, -0.15) is 0 Å². The summed E-state index contributed by atoms with van der Waals surface area (Å²) in [5, 5.41) is 12.5. The molecule has 2 atom stereocenters. The summed E-state index contributed by atoms with van der Waals surface area (Å²) >= 11 is 0. The van der Waals surface area contributed by atoms with Crippen molar-refractivity contribution in [1.82, 2.24) is 4.90 Å². The first-order chi connectivity index (χ1) is 12.0. The third kappa shape index (κ3) is 6.00. The Morgan fingerprint density at radius 2 is 1.72 bits per heavy atom. The highest BCUT2D eigenvalue weighted by molar-refractivity contribution is 5.95. The second-order valence-corrected chi connectivity index (χ2v) is 6.60. The molecule has 0 aliphatic rings. The van der Waals surface area contributed by atoms with E-state index in [2.05, 4.69) is 17.4 Å². The normalized spacial score (nSPS) is 13.5. The van der Waals surface area contributed by atoms with Gasteiger partial charge in [0.1, 0.15) is 0 Å². The van der Waals surface area contributed by atoms with Crippen LogP contribution >= 0.6 is 0 Å². The van der Waals surface area contributed by atoms with Gasteiger partial charge in [0.05, 0.1) is 12.1 Å². The summed E-state index contributed by atoms with van der Waals surface area (Å²) in [5.41, 5.74) is 3.17. The number of benzene rings is 2. The number of nitrogens with one attached hydrogen (secondary N) is 1. The fraction of sp³-hybridized carbons (Fsp3) is 0.381. The Balaban J connectivity index is 2.03. The summed E-state index contributed by atoms with van der Waals surface area (Å²) in [6.07, 6.45) is 1.08. The van der Waals surface area contributed by atoms with Crippen LogP contribution in [0.4, 0.5) is 5.69 Å². The highest BCUT2D eigenvalue weighted by Gasteiger charge is 2.19. The largest absolute Gasteiger partial charge is 0.393 e. The van der Waals surface area contributed by atoms with Gasteiger partial charge in [-0.05, 0) is 50.9 Å². The molecule has 0 fully saturated rings. The predicted molar refractivity (Wildman–Crippen MR) is 103 cm³/mol. The fourth-order valence-electron chi connectivity index (χ4n) is 2.63. The van der Waals surface area contributed by atoms with Gasteiger partial charge >= 0.3 is 0 Å². The van der Waals surface area contributed by atoms with E-state index in [-0.39, 0.29) is 18.1 Å². The zero-order valence-corrected chi connectivity index (χ0v) is 15.3. The number of amides is 1. The summed E-state index contributed by atoms with van der Waals surface area (Å²) in [7, 11) is 1.91. The van der Waals surface area contributed by atoms with Crippen LogP contribution in [0.25, 0.3) is 0 Å². The number of carbonyl (C=O) groups excluding carboxylic acids is 1. The molecule has 0 aliphatic heterocycles. The number of aliphatic hydroxyl groups is 1. The lowest BCUT2D eigenvalue weighted by Gasteiger charge is -2.24. The standard InChI is InChI=1S/C21H28N2O2/c1-16(24)13-14-23(3)17(2)21(25)22-20-12-8-7-11-19(20)15-18-9-5-4-6-10-18/h4-12,16-17,24H,13-15H2,1-3H3,(H,22,25). The molecule has 0 heterocycles. The van der Waals surface area contributed by atoms with Crippen LogP contribution in [0.3, 0.4) is 0 Å². The molecule has 0 aliphatic carbocycles. The van der Waals surface area contributed by atoms with Gasteiger partial charge in [-0.25, -0.2) is 0 Å². The number of nitrogens with zero attached hydrogens (tertiary/aromatic N) is 1. The van der Waals surface area contributed by atoms with Crippen LogP contribution in [0, 0.1) is 0 Å². The van der Waals surface area contributed by atoms with Crippen molar-refractivity contribution >= 4 is 11.6 Å². The van der Waals surface area contributed by atoms with Crippen LogP contribution < -0.4 is 5.32 Å². The molecule has 134 valence electrons. The summed E-state index contributed by atoms with van der Waals surface area (Å²) in [4.78, 5) is 14.5. The quantitative estimate of drug-likeness (QED) is 0.775. The zero-order chi connectivity index (χ0) is 18.2. The van der Waals surface area contributed by atoms with Gasteiger partial charge in [0.2, 0.25) is 5.91 Å². The molecule has 4 nitrogen and oxygen atoms in total. The van der Waals surface area contributed by atoms with E-state index in [1.165, 1.54) is 5.56 Å². The molecular formula is C21H28N2O2. The average molecular weight is 340 g/mol. The summed E-state index contributed by atoms with van der Waals surface area (Å²) in [5.74, 6) is -0.0337. The Kier molecular flexibility index (Phi) is 7.16. The Labute approximate surface area is 150 Å². The number of hydrogen-bond donors (Lipinski definition) is 2. The van der Waals surface area contributed by atoms with Crippen LogP contribution in [0.2, 0.25) is 0 Å². The Hall–Kier alpha value is -2.17. The molecule has 2 aromatic carbocycles. The molecule has 0 spiro atoms. The van der Waals surface area contributed by atoms with Gasteiger partial charge in [0.15, 0.2) is 0 Å². The lowest BCUT2D eigenvalue weighted by molar-refractivity contribution is -0.120. The number of aliphatic hydroxyl groups excluding tert-OH is 1. The Bertz CT molecular complexity index is 671. The predicted octanol–water partition coefficient (Wildman–Crippen LogP) is 3.31. The molecule has 0 aromatic heterocycles. The summed E-state index contributed by atoms with van der Waals surface area (Å²) in [6.45, 7) is 4.33. The van der Waals surface area contributed by atoms with Crippen molar-refractivity contribution in [3.8, 4) is 0 Å². The number of likely N-dealkylation sites (N-methyl/N-ethyl adjacent to an activating group) is 1. The molecule has 2 unspecified atom stereocenters. The first kappa shape index (κ1) is 19.2. The van der Waals surface area contributed by atoms with E-state index in [9.17, 15) is 9.90 Å². The maximum Gasteiger partial charge on any atom is 0.241 e. The van der Waals surface area contributed by atoms with E-state index in [0.29, 0.717) is 13.0 Å². The van der Waals surface area contributed by atoms with E-state index in [0.717, 1.165) is 17.7 Å². The van der Waals surface area contributed by atoms with Gasteiger partial charge in [-0.3, -0.25) is 9.69 Å². The number of anilines is 1. The molecule has 1 amide bonds. The smallest absolute Gasteiger partial charge is 0.241 e. The van der Waals surface area contributed by atoms with Crippen LogP contribution in [0.1, 0.15) is 31.4 Å². The van der Waals surface area contributed by atoms with Gasteiger partial charge in [-0.15, -0.1) is 0 Å². The minimum atomic E-state index is -0.357. The summed E-state index contributed by atoms with van der Waals surface area (Å²) in [6, 6.07) is 17.9. The Morgan fingerprint density at radius 1 is 1.08 bits per heavy atom. The lowest BCUT2D eigenvalue weighted by atomic mass is 10.0. The second-order valence-electron chi connectivity index (χ2n) is 6.60. The van der Waals surface area contributed by atoms with Gasteiger partial charge in [0.25, 0.3) is 0 Å². The molecule has 0 radical (unpaired) electrons. The molecule has 25 heavy (non-hydrogen) atoms. The Morgan fingerprint density at radius 3 is 2.40 bits per heavy atom. The average Bonchev–Trinajstić information content (AvgIpc) is 2.61. The number of hydrogen-bond acceptors (Lipinski definition) is 3. The van der Waals surface area contributed by atoms with E-state index >= 15 is 0 Å². The SMILES string of the molecule is CC(O)CCN(C)C(C)C(=O)Nc1ccccc1Cc1ccccc1. The minimum absolute atomic E-state index is 0.0337. The summed E-state index contributed by atoms with van der Waals surface area (Å²) < 4.78 is 0. The van der Waals surface area contributed by atoms with Crippen molar-refractivity contribution in [2.24, 2.45) is 0 Å². The second kappa shape index (κ2) is 9.35. The first-order valence-electron chi connectivity index (χ1n) is 8.78. The maximum atomic E-state index is 12.6. The molecule has 4 heteroatoms. The zero-order valence-electron chi connectivity index (χ0n) is 15.3. The van der Waals surface area contributed by atoms with Crippen molar-refractivity contribution < 1.29 is 9.90 Å². The van der Waals surface area contributed by atoms with Crippen LogP contribution in [-0.2, 0) is 11.2 Å². The van der Waals surface area contributed by atoms with Gasteiger partial charge in [-0.1, -0.05) is 48.5 Å². The topological polar surface area (TPSA) is 52.6 Å². The van der Waals surface area contributed by atoms with E-state index in [4.69, 9.17) is 0 Å². The van der Waals surface area contributed by atoms with Crippen molar-refractivity contribution in [3.05, 3.63) is 65.7 Å². The van der Waals surface area contributed by atoms with Crippen LogP contribution in [0.5, 0.6) is 0 Å².